The first kappa shape index (κ1) is 27.2. The van der Waals surface area contributed by atoms with Gasteiger partial charge in [0.15, 0.2) is 21.4 Å². The highest BCUT2D eigenvalue weighted by atomic mass is 32.2. The van der Waals surface area contributed by atoms with E-state index in [1.165, 1.54) is 20.4 Å². The minimum atomic E-state index is -3.89. The lowest BCUT2D eigenvalue weighted by Gasteiger charge is -2.36. The van der Waals surface area contributed by atoms with Crippen LogP contribution >= 0.6 is 0 Å². The maximum Gasteiger partial charge on any atom is 0.204 e. The lowest BCUT2D eigenvalue weighted by atomic mass is 10.1. The number of sulfone groups is 1. The molecule has 0 aliphatic carbocycles. The van der Waals surface area contributed by atoms with Gasteiger partial charge in [-0.1, -0.05) is 6.07 Å². The van der Waals surface area contributed by atoms with Crippen LogP contribution in [0.25, 0.3) is 17.3 Å². The van der Waals surface area contributed by atoms with E-state index in [1.54, 1.807) is 58.9 Å². The number of aromatic nitrogens is 4. The van der Waals surface area contributed by atoms with Gasteiger partial charge < -0.3 is 23.9 Å². The van der Waals surface area contributed by atoms with Crippen LogP contribution in [0.2, 0.25) is 0 Å². The first-order valence-electron chi connectivity index (χ1n) is 12.5. The molecule has 0 amide bonds. The minimum absolute atomic E-state index is 0.0487. The molecule has 1 N–H and O–H groups in total. The Morgan fingerprint density at radius 3 is 2.52 bits per heavy atom. The normalized spacial score (nSPS) is 17.4. The number of ether oxygens (including phenoxy) is 2. The molecule has 0 bridgehead atoms. The van der Waals surface area contributed by atoms with Crippen molar-refractivity contribution in [3.05, 3.63) is 65.8 Å². The highest BCUT2D eigenvalue weighted by Gasteiger charge is 2.37. The molecule has 13 heteroatoms. The van der Waals surface area contributed by atoms with Gasteiger partial charge in [-0.15, -0.1) is 10.2 Å². The fourth-order valence-electron chi connectivity index (χ4n) is 4.84. The highest BCUT2D eigenvalue weighted by Crippen LogP contribution is 2.37. The van der Waals surface area contributed by atoms with Gasteiger partial charge in [0.2, 0.25) is 5.82 Å². The van der Waals surface area contributed by atoms with Crippen LogP contribution < -0.4 is 14.4 Å². The summed E-state index contributed by atoms with van der Waals surface area (Å²) in [5.74, 6) is 2.25. The summed E-state index contributed by atoms with van der Waals surface area (Å²) in [6.45, 7) is 2.09. The van der Waals surface area contributed by atoms with Crippen LogP contribution in [0.4, 0.5) is 5.82 Å². The molecule has 1 aliphatic rings. The van der Waals surface area contributed by atoms with Crippen LogP contribution in [0, 0.1) is 18.3 Å². The summed E-state index contributed by atoms with van der Waals surface area (Å²) in [7, 11) is -0.883. The molecule has 1 fully saturated rings. The van der Waals surface area contributed by atoms with Crippen molar-refractivity contribution in [1.29, 1.82) is 5.26 Å². The summed E-state index contributed by atoms with van der Waals surface area (Å²) in [6, 6.07) is 13.9. The molecule has 0 unspecified atom stereocenters. The number of benzene rings is 1. The monoisotopic (exact) mass is 564 g/mol. The van der Waals surface area contributed by atoms with Gasteiger partial charge in [-0.25, -0.2) is 13.4 Å². The van der Waals surface area contributed by atoms with Crippen LogP contribution in [0.1, 0.15) is 23.6 Å². The fraction of sp³-hybridized carbons (Fsp3) is 0.333. The molecule has 0 radical (unpaired) electrons. The summed E-state index contributed by atoms with van der Waals surface area (Å²) < 4.78 is 46.3. The molecule has 4 aromatic rings. The number of para-hydroxylation sites is 1. The SMILES string of the molecule is COc1cccc(OC)c1-n1c(CS(=O)(=O)[C@@H]2C[C@H](O)CN(c3cc(C#N)ccn3)C2)nnc1-c1ccc(C)o1. The van der Waals surface area contributed by atoms with Crippen molar-refractivity contribution in [1.82, 2.24) is 19.7 Å². The third kappa shape index (κ3) is 5.23. The number of β-amino-alcohol motifs (C(OH)–C–C–N with tert-alkyl or cyclic N) is 1. The Hall–Kier alpha value is -4.41. The Labute approximate surface area is 231 Å². The quantitative estimate of drug-likeness (QED) is 0.335. The first-order valence-corrected chi connectivity index (χ1v) is 14.2. The van der Waals surface area contributed by atoms with Gasteiger partial charge in [0, 0.05) is 19.3 Å². The second-order valence-electron chi connectivity index (χ2n) is 9.43. The number of aliphatic hydroxyl groups excluding tert-OH is 1. The lowest BCUT2D eigenvalue weighted by Crippen LogP contribution is -2.49. The predicted octanol–water partition coefficient (Wildman–Crippen LogP) is 2.67. The van der Waals surface area contributed by atoms with Gasteiger partial charge in [-0.05, 0) is 49.7 Å². The van der Waals surface area contributed by atoms with Crippen molar-refractivity contribution in [2.45, 2.75) is 30.5 Å². The van der Waals surface area contributed by atoms with Crippen LogP contribution in [0.3, 0.4) is 0 Å². The molecule has 1 aliphatic heterocycles. The Morgan fingerprint density at radius 1 is 1.12 bits per heavy atom. The van der Waals surface area contributed by atoms with Crippen molar-refractivity contribution in [2.24, 2.45) is 0 Å². The second kappa shape index (κ2) is 11.0. The zero-order valence-corrected chi connectivity index (χ0v) is 23.0. The van der Waals surface area contributed by atoms with E-state index in [0.29, 0.717) is 40.1 Å². The highest BCUT2D eigenvalue weighted by molar-refractivity contribution is 7.91. The van der Waals surface area contributed by atoms with Crippen LogP contribution in [0.15, 0.2) is 53.1 Å². The van der Waals surface area contributed by atoms with E-state index >= 15 is 0 Å². The van der Waals surface area contributed by atoms with E-state index in [4.69, 9.17) is 13.9 Å². The molecule has 1 aromatic carbocycles. The minimum Gasteiger partial charge on any atom is -0.494 e. The summed E-state index contributed by atoms with van der Waals surface area (Å²) in [6.07, 6.45) is 0.627. The van der Waals surface area contributed by atoms with Crippen LogP contribution in [-0.2, 0) is 15.6 Å². The molecule has 5 rings (SSSR count). The number of hydrogen-bond donors (Lipinski definition) is 1. The molecule has 0 saturated carbocycles. The average molecular weight is 565 g/mol. The van der Waals surface area contributed by atoms with Crippen molar-refractivity contribution < 1.29 is 27.4 Å². The molecule has 0 spiro atoms. The van der Waals surface area contributed by atoms with E-state index in [1.807, 2.05) is 0 Å². The number of nitriles is 1. The molecular formula is C27H28N6O6S. The number of aliphatic hydroxyl groups is 1. The van der Waals surface area contributed by atoms with E-state index < -0.39 is 26.9 Å². The first-order chi connectivity index (χ1) is 19.2. The van der Waals surface area contributed by atoms with Gasteiger partial charge in [-0.2, -0.15) is 5.26 Å². The number of furan rings is 1. The molecule has 2 atom stereocenters. The Balaban J connectivity index is 1.55. The average Bonchev–Trinajstić information content (AvgIpc) is 3.57. The number of rotatable bonds is 8. The van der Waals surface area contributed by atoms with Crippen molar-refractivity contribution in [3.8, 4) is 34.8 Å². The molecular weight excluding hydrogens is 536 g/mol. The topological polar surface area (TPSA) is 157 Å². The Bertz CT molecular complexity index is 1650. The molecule has 40 heavy (non-hydrogen) atoms. The molecule has 12 nitrogen and oxygen atoms in total. The maximum absolute atomic E-state index is 13.9. The van der Waals surface area contributed by atoms with Crippen molar-refractivity contribution >= 4 is 15.7 Å². The van der Waals surface area contributed by atoms with Crippen LogP contribution in [0.5, 0.6) is 11.5 Å². The third-order valence-electron chi connectivity index (χ3n) is 6.74. The summed E-state index contributed by atoms with van der Waals surface area (Å²) >= 11 is 0. The second-order valence-corrected chi connectivity index (χ2v) is 11.7. The van der Waals surface area contributed by atoms with E-state index in [2.05, 4.69) is 21.3 Å². The van der Waals surface area contributed by atoms with E-state index in [-0.39, 0.29) is 31.2 Å². The molecule has 1 saturated heterocycles. The van der Waals surface area contributed by atoms with Gasteiger partial charge >= 0.3 is 0 Å². The van der Waals surface area contributed by atoms with Gasteiger partial charge in [0.05, 0.1) is 37.2 Å². The zero-order chi connectivity index (χ0) is 28.4. The molecule has 3 aromatic heterocycles. The van der Waals surface area contributed by atoms with Gasteiger partial charge in [-0.3, -0.25) is 4.57 Å². The third-order valence-corrected chi connectivity index (χ3v) is 8.76. The maximum atomic E-state index is 13.9. The van der Waals surface area contributed by atoms with E-state index in [0.717, 1.165) is 0 Å². The zero-order valence-electron chi connectivity index (χ0n) is 22.2. The van der Waals surface area contributed by atoms with Crippen LogP contribution in [-0.4, -0.2) is 71.9 Å². The predicted molar refractivity (Wildman–Crippen MR) is 145 cm³/mol. The summed E-state index contributed by atoms with van der Waals surface area (Å²) in [5.41, 5.74) is 0.818. The number of nitrogens with zero attached hydrogens (tertiary/aromatic N) is 6. The number of piperidine rings is 1. The van der Waals surface area contributed by atoms with Gasteiger partial charge in [0.1, 0.15) is 34.5 Å². The van der Waals surface area contributed by atoms with Gasteiger partial charge in [0.25, 0.3) is 0 Å². The number of pyridine rings is 1. The Morgan fingerprint density at radius 2 is 1.88 bits per heavy atom. The summed E-state index contributed by atoms with van der Waals surface area (Å²) in [5, 5.41) is 27.5. The lowest BCUT2D eigenvalue weighted by molar-refractivity contribution is 0.154. The summed E-state index contributed by atoms with van der Waals surface area (Å²) in [4.78, 5) is 5.96. The number of methoxy groups -OCH3 is 2. The largest absolute Gasteiger partial charge is 0.494 e. The number of aryl methyl sites for hydroxylation is 1. The van der Waals surface area contributed by atoms with Crippen molar-refractivity contribution in [2.75, 3.05) is 32.2 Å². The van der Waals surface area contributed by atoms with Crippen molar-refractivity contribution in [3.63, 3.8) is 0 Å². The standard InChI is InChI=1S/C27H28N6O6S/c1-17-7-8-23(39-17)27-31-30-25(33(27)26-21(37-2)5-4-6-22(26)38-3)16-40(35,36)20-12-19(34)14-32(15-20)24-11-18(13-28)9-10-29-24/h4-11,19-20,34H,12,14-16H2,1-3H3/t19-,20+/m0/s1. The fourth-order valence-corrected chi connectivity index (χ4v) is 6.55. The van der Waals surface area contributed by atoms with E-state index in [9.17, 15) is 18.8 Å². The molecule has 4 heterocycles. The molecule has 208 valence electrons. The Kier molecular flexibility index (Phi) is 7.46. The number of hydrogen-bond acceptors (Lipinski definition) is 11. The number of anilines is 1. The smallest absolute Gasteiger partial charge is 0.204 e.